The molecule has 4 nitrogen and oxygen atoms in total. The van der Waals surface area contributed by atoms with Crippen molar-refractivity contribution in [3.05, 3.63) is 29.8 Å². The minimum atomic E-state index is 0.0121. The molecule has 3 atom stereocenters. The van der Waals surface area contributed by atoms with Gasteiger partial charge in [0.2, 0.25) is 0 Å². The third-order valence-electron chi connectivity index (χ3n) is 4.49. The smallest absolute Gasteiger partial charge is 0.317 e. The van der Waals surface area contributed by atoms with Crippen LogP contribution < -0.4 is 5.32 Å². The molecule has 1 aliphatic carbocycles. The lowest BCUT2D eigenvalue weighted by Gasteiger charge is -2.27. The Bertz CT molecular complexity index is 492. The van der Waals surface area contributed by atoms with Crippen LogP contribution in [0.1, 0.15) is 31.7 Å². The van der Waals surface area contributed by atoms with Crippen molar-refractivity contribution < 1.29 is 9.90 Å². The van der Waals surface area contributed by atoms with Crippen LogP contribution in [0.25, 0.3) is 0 Å². The first-order valence-electron chi connectivity index (χ1n) is 7.83. The van der Waals surface area contributed by atoms with Gasteiger partial charge in [-0.2, -0.15) is 11.8 Å². The number of urea groups is 1. The molecule has 0 unspecified atom stereocenters. The van der Waals surface area contributed by atoms with Crippen LogP contribution in [-0.4, -0.2) is 46.7 Å². The Kier molecular flexibility index (Phi) is 6.00. The van der Waals surface area contributed by atoms with E-state index in [1.54, 1.807) is 17.0 Å². The van der Waals surface area contributed by atoms with Crippen LogP contribution in [0.4, 0.5) is 4.79 Å². The Hall–Kier alpha value is -1.36. The van der Waals surface area contributed by atoms with Crippen LogP contribution in [0.3, 0.4) is 0 Å². The fourth-order valence-corrected chi connectivity index (χ4v) is 3.67. The van der Waals surface area contributed by atoms with E-state index in [2.05, 4.69) is 11.6 Å². The molecule has 0 aliphatic heterocycles. The second kappa shape index (κ2) is 7.77. The molecular weight excluding hydrogens is 296 g/mol. The van der Waals surface area contributed by atoms with E-state index in [1.807, 2.05) is 37.9 Å². The Morgan fingerprint density at radius 2 is 2.09 bits per heavy atom. The Balaban J connectivity index is 1.83. The molecule has 1 aromatic rings. The zero-order valence-electron chi connectivity index (χ0n) is 13.6. The van der Waals surface area contributed by atoms with Crippen LogP contribution in [0.5, 0.6) is 5.75 Å². The normalized spacial score (nSPS) is 22.3. The van der Waals surface area contributed by atoms with E-state index in [9.17, 15) is 9.90 Å². The zero-order valence-corrected chi connectivity index (χ0v) is 14.4. The molecule has 2 amide bonds. The summed E-state index contributed by atoms with van der Waals surface area (Å²) in [5, 5.41) is 13.2. The maximum atomic E-state index is 12.3. The van der Waals surface area contributed by atoms with Crippen LogP contribution in [0.2, 0.25) is 0 Å². The predicted molar refractivity (Wildman–Crippen MR) is 92.5 cm³/mol. The minimum absolute atomic E-state index is 0.0121. The number of hydrogen-bond donors (Lipinski definition) is 2. The summed E-state index contributed by atoms with van der Waals surface area (Å²) in [6.45, 7) is 2.05. The number of amides is 2. The van der Waals surface area contributed by atoms with Crippen LogP contribution in [0.15, 0.2) is 24.3 Å². The number of phenolic OH excluding ortho intramolecular Hbond substituents is 1. The molecule has 1 aliphatic rings. The lowest BCUT2D eigenvalue weighted by atomic mass is 10.1. The van der Waals surface area contributed by atoms with Crippen molar-refractivity contribution in [3.8, 4) is 5.75 Å². The minimum Gasteiger partial charge on any atom is -0.508 e. The first-order chi connectivity index (χ1) is 10.5. The highest BCUT2D eigenvalue weighted by molar-refractivity contribution is 7.99. The van der Waals surface area contributed by atoms with E-state index < -0.39 is 0 Å². The number of hydrogen-bond acceptors (Lipinski definition) is 3. The monoisotopic (exact) mass is 322 g/mol. The van der Waals surface area contributed by atoms with Gasteiger partial charge in [0.05, 0.1) is 0 Å². The molecule has 0 bridgehead atoms. The number of likely N-dealkylation sites (N-methyl/N-ethyl adjacent to an activating group) is 1. The van der Waals surface area contributed by atoms with E-state index >= 15 is 0 Å². The quantitative estimate of drug-likeness (QED) is 0.875. The Morgan fingerprint density at radius 3 is 2.68 bits per heavy atom. The summed E-state index contributed by atoms with van der Waals surface area (Å²) < 4.78 is 0. The molecular formula is C17H26N2O2S. The molecule has 0 saturated heterocycles. The average molecular weight is 322 g/mol. The summed E-state index contributed by atoms with van der Waals surface area (Å²) in [6, 6.07) is 7.61. The standard InChI is InChI=1S/C17H26N2O2S/c1-12(10-13-4-7-15(20)8-5-13)19(2)17(21)18-14-6-9-16(11-14)22-3/h4-5,7-8,12,14,16,20H,6,9-11H2,1-3H3,(H,18,21)/t12-,14-,16+/m1/s1. The van der Waals surface area contributed by atoms with E-state index in [-0.39, 0.29) is 17.8 Å². The Labute approximate surface area is 137 Å². The van der Waals surface area contributed by atoms with Crippen molar-refractivity contribution >= 4 is 17.8 Å². The highest BCUT2D eigenvalue weighted by Gasteiger charge is 2.27. The number of rotatable bonds is 5. The highest BCUT2D eigenvalue weighted by Crippen LogP contribution is 2.28. The highest BCUT2D eigenvalue weighted by atomic mass is 32.2. The summed E-state index contributed by atoms with van der Waals surface area (Å²) in [5.41, 5.74) is 1.12. The molecule has 0 aromatic heterocycles. The molecule has 1 fully saturated rings. The lowest BCUT2D eigenvalue weighted by molar-refractivity contribution is 0.190. The van der Waals surface area contributed by atoms with E-state index in [1.165, 1.54) is 6.42 Å². The summed E-state index contributed by atoms with van der Waals surface area (Å²) in [7, 11) is 1.85. The van der Waals surface area contributed by atoms with Crippen molar-refractivity contribution in [1.82, 2.24) is 10.2 Å². The first kappa shape index (κ1) is 17.0. The molecule has 2 N–H and O–H groups in total. The molecule has 1 aromatic carbocycles. The topological polar surface area (TPSA) is 52.6 Å². The van der Waals surface area contributed by atoms with Crippen LogP contribution >= 0.6 is 11.8 Å². The molecule has 2 rings (SSSR count). The summed E-state index contributed by atoms with van der Waals surface area (Å²) in [4.78, 5) is 14.1. The molecule has 0 radical (unpaired) electrons. The number of thioether (sulfide) groups is 1. The van der Waals surface area contributed by atoms with Crippen molar-refractivity contribution in [2.75, 3.05) is 13.3 Å². The van der Waals surface area contributed by atoms with Crippen molar-refractivity contribution in [2.24, 2.45) is 0 Å². The first-order valence-corrected chi connectivity index (χ1v) is 9.12. The third-order valence-corrected chi connectivity index (χ3v) is 5.59. The van der Waals surface area contributed by atoms with E-state index in [0.717, 1.165) is 24.8 Å². The van der Waals surface area contributed by atoms with Crippen molar-refractivity contribution in [1.29, 1.82) is 0 Å². The number of benzene rings is 1. The number of carbonyl (C=O) groups excluding carboxylic acids is 1. The number of aromatic hydroxyl groups is 1. The molecule has 0 heterocycles. The molecule has 1 saturated carbocycles. The van der Waals surface area contributed by atoms with Gasteiger partial charge in [0.1, 0.15) is 5.75 Å². The maximum absolute atomic E-state index is 12.3. The molecule has 122 valence electrons. The van der Waals surface area contributed by atoms with Gasteiger partial charge in [-0.3, -0.25) is 0 Å². The fourth-order valence-electron chi connectivity index (χ4n) is 2.87. The van der Waals surface area contributed by atoms with E-state index in [0.29, 0.717) is 11.3 Å². The summed E-state index contributed by atoms with van der Waals surface area (Å²) in [5.74, 6) is 0.270. The summed E-state index contributed by atoms with van der Waals surface area (Å²) >= 11 is 1.90. The van der Waals surface area contributed by atoms with Gasteiger partial charge in [-0.1, -0.05) is 12.1 Å². The van der Waals surface area contributed by atoms with Gasteiger partial charge >= 0.3 is 6.03 Å². The maximum Gasteiger partial charge on any atom is 0.317 e. The lowest BCUT2D eigenvalue weighted by Crippen LogP contribution is -2.46. The fraction of sp³-hybridized carbons (Fsp3) is 0.588. The molecule has 0 spiro atoms. The second-order valence-electron chi connectivity index (χ2n) is 6.15. The van der Waals surface area contributed by atoms with Gasteiger partial charge in [-0.25, -0.2) is 4.79 Å². The SMILES string of the molecule is CS[C@H]1CC[C@@H](NC(=O)N(C)[C@H](C)Cc2ccc(O)cc2)C1. The summed E-state index contributed by atoms with van der Waals surface area (Å²) in [6.07, 6.45) is 6.27. The number of phenols is 1. The van der Waals surface area contributed by atoms with Crippen LogP contribution in [0, 0.1) is 0 Å². The largest absolute Gasteiger partial charge is 0.508 e. The van der Waals surface area contributed by atoms with Gasteiger partial charge in [-0.05, 0) is 56.6 Å². The number of nitrogens with zero attached hydrogens (tertiary/aromatic N) is 1. The zero-order chi connectivity index (χ0) is 16.1. The third kappa shape index (κ3) is 4.57. The Morgan fingerprint density at radius 1 is 1.41 bits per heavy atom. The number of nitrogens with one attached hydrogen (secondary N) is 1. The van der Waals surface area contributed by atoms with Crippen LogP contribution in [-0.2, 0) is 6.42 Å². The van der Waals surface area contributed by atoms with Gasteiger partial charge in [0.25, 0.3) is 0 Å². The second-order valence-corrected chi connectivity index (χ2v) is 7.29. The van der Waals surface area contributed by atoms with Gasteiger partial charge in [-0.15, -0.1) is 0 Å². The molecule has 5 heteroatoms. The predicted octanol–water partition coefficient (Wildman–Crippen LogP) is 3.25. The average Bonchev–Trinajstić information content (AvgIpc) is 2.96. The van der Waals surface area contributed by atoms with Crippen molar-refractivity contribution in [3.63, 3.8) is 0 Å². The van der Waals surface area contributed by atoms with Gasteiger partial charge < -0.3 is 15.3 Å². The number of carbonyl (C=O) groups is 1. The van der Waals surface area contributed by atoms with Gasteiger partial charge in [0, 0.05) is 24.4 Å². The van der Waals surface area contributed by atoms with Gasteiger partial charge in [0.15, 0.2) is 0 Å². The van der Waals surface area contributed by atoms with E-state index in [4.69, 9.17) is 0 Å². The molecule has 22 heavy (non-hydrogen) atoms. The van der Waals surface area contributed by atoms with Crippen molar-refractivity contribution in [2.45, 2.75) is 49.9 Å².